The average Bonchev–Trinajstić information content (AvgIpc) is 3.82. The number of nitrogens with zero attached hydrogens (tertiary/aromatic N) is 2. The van der Waals surface area contributed by atoms with Crippen LogP contribution in [0.1, 0.15) is 37.8 Å². The highest BCUT2D eigenvalue weighted by atomic mass is 16.5. The molecule has 2 aliphatic rings. The van der Waals surface area contributed by atoms with Crippen molar-refractivity contribution < 1.29 is 19.4 Å². The number of amides is 2. The number of ether oxygens (including phenoxy) is 1. The Kier molecular flexibility index (Phi) is 9.06. The summed E-state index contributed by atoms with van der Waals surface area (Å²) in [6, 6.07) is 24.3. The van der Waals surface area contributed by atoms with Crippen molar-refractivity contribution in [2.75, 3.05) is 32.1 Å². The molecule has 41 heavy (non-hydrogen) atoms. The maximum Gasteiger partial charge on any atom is 0.227 e. The number of hydrogen-bond acceptors (Lipinski definition) is 5. The van der Waals surface area contributed by atoms with Crippen molar-refractivity contribution >= 4 is 17.5 Å². The maximum atomic E-state index is 13.4. The summed E-state index contributed by atoms with van der Waals surface area (Å²) in [5, 5.41) is 12.9. The minimum absolute atomic E-state index is 0.0241. The van der Waals surface area contributed by atoms with Gasteiger partial charge in [-0.05, 0) is 61.7 Å². The van der Waals surface area contributed by atoms with Crippen LogP contribution in [0.25, 0.3) is 11.1 Å². The molecule has 1 fully saturated rings. The van der Waals surface area contributed by atoms with Crippen molar-refractivity contribution in [1.29, 1.82) is 0 Å². The van der Waals surface area contributed by atoms with Crippen molar-refractivity contribution in [3.05, 3.63) is 83.9 Å². The first-order valence-electron chi connectivity index (χ1n) is 14.6. The summed E-state index contributed by atoms with van der Waals surface area (Å²) in [6.45, 7) is 5.79. The molecule has 3 atom stereocenters. The van der Waals surface area contributed by atoms with Gasteiger partial charge in [0.1, 0.15) is 11.9 Å². The van der Waals surface area contributed by atoms with Crippen molar-refractivity contribution in [3.8, 4) is 16.9 Å². The number of carbonyl (C=O) groups excluding carboxylic acids is 2. The van der Waals surface area contributed by atoms with Gasteiger partial charge in [0.25, 0.3) is 0 Å². The highest BCUT2D eigenvalue weighted by Crippen LogP contribution is 2.32. The topological polar surface area (TPSA) is 82.1 Å². The number of aliphatic hydroxyl groups is 1. The van der Waals surface area contributed by atoms with Crippen LogP contribution in [0, 0.1) is 11.8 Å². The average molecular weight is 556 g/mol. The zero-order valence-electron chi connectivity index (χ0n) is 24.3. The SMILES string of the molecule is C[C@H](CO)N1C[C@H](C)[C@@H](CN(C)Cc2ccc(-c3ccccc3)cc2)Oc2ccc(NC(=O)C3CC3)cc2CC1=O. The molecule has 216 valence electrons. The van der Waals surface area contributed by atoms with Crippen LogP contribution in [0.2, 0.25) is 0 Å². The molecule has 1 aliphatic heterocycles. The third-order valence-corrected chi connectivity index (χ3v) is 8.14. The summed E-state index contributed by atoms with van der Waals surface area (Å²) < 4.78 is 6.65. The molecule has 0 spiro atoms. The smallest absolute Gasteiger partial charge is 0.227 e. The van der Waals surface area contributed by atoms with E-state index in [1.807, 2.05) is 31.2 Å². The molecule has 5 rings (SSSR count). The van der Waals surface area contributed by atoms with Gasteiger partial charge in [0.2, 0.25) is 11.8 Å². The predicted octanol–water partition coefficient (Wildman–Crippen LogP) is 4.98. The number of hydrogen-bond donors (Lipinski definition) is 2. The van der Waals surface area contributed by atoms with Crippen LogP contribution in [-0.2, 0) is 22.6 Å². The fourth-order valence-electron chi connectivity index (χ4n) is 5.43. The molecule has 0 saturated heterocycles. The minimum atomic E-state index is -0.300. The third kappa shape index (κ3) is 7.34. The Morgan fingerprint density at radius 2 is 1.78 bits per heavy atom. The predicted molar refractivity (Wildman–Crippen MR) is 162 cm³/mol. The van der Waals surface area contributed by atoms with Gasteiger partial charge in [0, 0.05) is 42.7 Å². The Morgan fingerprint density at radius 3 is 2.46 bits per heavy atom. The van der Waals surface area contributed by atoms with Crippen LogP contribution in [0.5, 0.6) is 5.75 Å². The van der Waals surface area contributed by atoms with E-state index in [2.05, 4.69) is 72.7 Å². The Morgan fingerprint density at radius 1 is 1.07 bits per heavy atom. The molecule has 0 aromatic heterocycles. The molecular formula is C34H41N3O4. The molecule has 1 heterocycles. The molecular weight excluding hydrogens is 514 g/mol. The summed E-state index contributed by atoms with van der Waals surface area (Å²) in [7, 11) is 2.09. The number of nitrogens with one attached hydrogen (secondary N) is 1. The summed E-state index contributed by atoms with van der Waals surface area (Å²) in [4.78, 5) is 29.8. The van der Waals surface area contributed by atoms with Crippen LogP contribution < -0.4 is 10.1 Å². The lowest BCUT2D eigenvalue weighted by atomic mass is 10.0. The standard InChI is InChI=1S/C34H41N3O4/c1-23-19-37(24(2)22-38)33(39)18-29-17-30(35-34(40)28-13-14-28)15-16-31(29)41-32(23)21-36(3)20-25-9-11-27(12-10-25)26-7-5-4-6-8-26/h4-12,15-17,23-24,28,32,38H,13-14,18-22H2,1-3H3,(H,35,40)/t23-,24+,32+/m0/s1. The normalized spacial score (nSPS) is 19.9. The second kappa shape index (κ2) is 12.9. The van der Waals surface area contributed by atoms with E-state index < -0.39 is 0 Å². The van der Waals surface area contributed by atoms with Crippen LogP contribution >= 0.6 is 0 Å². The van der Waals surface area contributed by atoms with E-state index in [0.717, 1.165) is 24.9 Å². The molecule has 2 amide bonds. The summed E-state index contributed by atoms with van der Waals surface area (Å²) >= 11 is 0. The second-order valence-corrected chi connectivity index (χ2v) is 11.7. The fourth-order valence-corrected chi connectivity index (χ4v) is 5.43. The van der Waals surface area contributed by atoms with Crippen LogP contribution in [0.3, 0.4) is 0 Å². The van der Waals surface area contributed by atoms with E-state index in [1.54, 1.807) is 4.90 Å². The molecule has 2 N–H and O–H groups in total. The van der Waals surface area contributed by atoms with Gasteiger partial charge in [0.05, 0.1) is 19.1 Å². The number of carbonyl (C=O) groups is 2. The quantitative estimate of drug-likeness (QED) is 0.389. The Labute approximate surface area is 243 Å². The van der Waals surface area contributed by atoms with E-state index in [-0.39, 0.29) is 48.8 Å². The molecule has 1 saturated carbocycles. The first-order valence-corrected chi connectivity index (χ1v) is 14.6. The first-order chi connectivity index (χ1) is 19.8. The third-order valence-electron chi connectivity index (χ3n) is 8.14. The fraction of sp³-hybridized carbons (Fsp3) is 0.412. The van der Waals surface area contributed by atoms with Crippen molar-refractivity contribution in [2.45, 2.75) is 51.8 Å². The summed E-state index contributed by atoms with van der Waals surface area (Å²) in [5.74, 6) is 0.756. The van der Waals surface area contributed by atoms with Gasteiger partial charge in [-0.2, -0.15) is 0 Å². The largest absolute Gasteiger partial charge is 0.488 e. The number of anilines is 1. The van der Waals surface area contributed by atoms with E-state index >= 15 is 0 Å². The molecule has 7 nitrogen and oxygen atoms in total. The number of aliphatic hydroxyl groups excluding tert-OH is 1. The zero-order valence-corrected chi connectivity index (χ0v) is 24.3. The van der Waals surface area contributed by atoms with E-state index in [4.69, 9.17) is 4.74 Å². The van der Waals surface area contributed by atoms with Crippen LogP contribution in [-0.4, -0.2) is 65.6 Å². The van der Waals surface area contributed by atoms with Gasteiger partial charge >= 0.3 is 0 Å². The van der Waals surface area contributed by atoms with Gasteiger partial charge in [-0.3, -0.25) is 14.5 Å². The molecule has 1 aliphatic carbocycles. The van der Waals surface area contributed by atoms with Crippen molar-refractivity contribution in [2.24, 2.45) is 11.8 Å². The van der Waals surface area contributed by atoms with Gasteiger partial charge in [-0.1, -0.05) is 61.5 Å². The summed E-state index contributed by atoms with van der Waals surface area (Å²) in [6.07, 6.45) is 1.82. The minimum Gasteiger partial charge on any atom is -0.488 e. The van der Waals surface area contributed by atoms with E-state index in [9.17, 15) is 14.7 Å². The molecule has 0 radical (unpaired) electrons. The maximum absolute atomic E-state index is 13.4. The Balaban J connectivity index is 1.33. The zero-order chi connectivity index (χ0) is 28.9. The van der Waals surface area contributed by atoms with Crippen LogP contribution in [0.4, 0.5) is 5.69 Å². The van der Waals surface area contributed by atoms with Crippen molar-refractivity contribution in [1.82, 2.24) is 9.80 Å². The number of fused-ring (bicyclic) bond motifs is 1. The number of benzene rings is 3. The van der Waals surface area contributed by atoms with Gasteiger partial charge < -0.3 is 20.1 Å². The lowest BCUT2D eigenvalue weighted by Crippen LogP contribution is -2.47. The molecule has 0 unspecified atom stereocenters. The molecule has 3 aromatic rings. The van der Waals surface area contributed by atoms with Crippen LogP contribution in [0.15, 0.2) is 72.8 Å². The lowest BCUT2D eigenvalue weighted by Gasteiger charge is -2.34. The van der Waals surface area contributed by atoms with E-state index in [1.165, 1.54) is 16.7 Å². The van der Waals surface area contributed by atoms with Gasteiger partial charge in [0.15, 0.2) is 0 Å². The Hall–Kier alpha value is -3.68. The number of rotatable bonds is 9. The monoisotopic (exact) mass is 555 g/mol. The highest BCUT2D eigenvalue weighted by Gasteiger charge is 2.32. The molecule has 0 bridgehead atoms. The highest BCUT2D eigenvalue weighted by molar-refractivity contribution is 5.94. The van der Waals surface area contributed by atoms with Crippen molar-refractivity contribution in [3.63, 3.8) is 0 Å². The number of likely N-dealkylation sites (N-methyl/N-ethyl adjacent to an activating group) is 1. The van der Waals surface area contributed by atoms with E-state index in [0.29, 0.717) is 24.5 Å². The lowest BCUT2D eigenvalue weighted by molar-refractivity contribution is -0.134. The summed E-state index contributed by atoms with van der Waals surface area (Å²) in [5.41, 5.74) is 5.03. The molecule has 7 heteroatoms. The molecule has 3 aromatic carbocycles. The first kappa shape index (κ1) is 28.8. The van der Waals surface area contributed by atoms with Gasteiger partial charge in [-0.15, -0.1) is 0 Å². The Bertz CT molecular complexity index is 1340. The van der Waals surface area contributed by atoms with Gasteiger partial charge in [-0.25, -0.2) is 0 Å². The second-order valence-electron chi connectivity index (χ2n) is 11.7.